The minimum absolute atomic E-state index is 0. The molecule has 266 valence electrons. The van der Waals surface area contributed by atoms with Crippen LogP contribution in [0.5, 0.6) is 17.2 Å². The van der Waals surface area contributed by atoms with Gasteiger partial charge in [-0.05, 0) is 63.3 Å². The Hall–Kier alpha value is -3.75. The van der Waals surface area contributed by atoms with Gasteiger partial charge in [0, 0.05) is 49.4 Å². The summed E-state index contributed by atoms with van der Waals surface area (Å²) in [5.41, 5.74) is -1.59. The molecular formula is C34H42Cl2N4O8S. The number of carbonyl (C=O) groups excluding carboxylic acids is 2. The van der Waals surface area contributed by atoms with Gasteiger partial charge in [-0.25, -0.2) is 13.2 Å². The van der Waals surface area contributed by atoms with Crippen molar-refractivity contribution >= 4 is 52.5 Å². The lowest BCUT2D eigenvalue weighted by atomic mass is 9.87. The second-order valence-corrected chi connectivity index (χ2v) is 13.7. The van der Waals surface area contributed by atoms with Gasteiger partial charge in [0.05, 0.1) is 27.0 Å². The molecule has 15 heteroatoms. The first kappa shape index (κ1) is 38.1. The quantitative estimate of drug-likeness (QED) is 0.330. The van der Waals surface area contributed by atoms with E-state index in [1.165, 1.54) is 45.6 Å². The molecule has 2 fully saturated rings. The summed E-state index contributed by atoms with van der Waals surface area (Å²) in [6.07, 6.45) is 1.45. The molecule has 2 saturated heterocycles. The summed E-state index contributed by atoms with van der Waals surface area (Å²) < 4.78 is 52.0. The van der Waals surface area contributed by atoms with Gasteiger partial charge in [0.1, 0.15) is 22.1 Å². The Labute approximate surface area is 299 Å². The van der Waals surface area contributed by atoms with Crippen LogP contribution in [0.25, 0.3) is 0 Å². The lowest BCUT2D eigenvalue weighted by molar-refractivity contribution is -0.132. The van der Waals surface area contributed by atoms with Crippen molar-refractivity contribution in [1.29, 1.82) is 0 Å². The van der Waals surface area contributed by atoms with E-state index >= 15 is 0 Å². The monoisotopic (exact) mass is 736 g/mol. The van der Waals surface area contributed by atoms with Crippen molar-refractivity contribution in [1.82, 2.24) is 14.7 Å². The number of sulfonamides is 1. The standard InChI is InChI=1S/C34H40N4O8S.2ClH/c1-35-16-14-25(15-17-35)36-18-20-37(21-19-36)33(40)46-34(24-8-7-9-26(22-24)43-2)28-10-5-6-11-29(28)38(32(34)39)47(41,42)31-13-12-27(44-3)23-30(31)45-4;;/h5-13,22-23,25H,14-21H2,1-4H3;2*1H. The second kappa shape index (κ2) is 15.4. The second-order valence-electron chi connectivity index (χ2n) is 11.9. The van der Waals surface area contributed by atoms with Crippen molar-refractivity contribution in [2.24, 2.45) is 0 Å². The zero-order valence-corrected chi connectivity index (χ0v) is 30.3. The molecule has 1 unspecified atom stereocenters. The van der Waals surface area contributed by atoms with E-state index in [2.05, 4.69) is 16.8 Å². The third kappa shape index (κ3) is 6.87. The fourth-order valence-corrected chi connectivity index (χ4v) is 8.34. The van der Waals surface area contributed by atoms with E-state index in [-0.39, 0.29) is 52.3 Å². The normalized spacial score (nSPS) is 20.1. The molecule has 3 aromatic carbocycles. The molecule has 0 aromatic heterocycles. The van der Waals surface area contributed by atoms with Crippen LogP contribution in [-0.4, -0.2) is 109 Å². The van der Waals surface area contributed by atoms with Crippen LogP contribution < -0.4 is 18.5 Å². The molecule has 0 aliphatic carbocycles. The van der Waals surface area contributed by atoms with Gasteiger partial charge < -0.3 is 28.7 Å². The molecule has 2 amide bonds. The molecule has 3 aliphatic rings. The Bertz CT molecular complexity index is 1760. The summed E-state index contributed by atoms with van der Waals surface area (Å²) >= 11 is 0. The third-order valence-corrected chi connectivity index (χ3v) is 11.1. The first-order valence-electron chi connectivity index (χ1n) is 15.6. The maximum atomic E-state index is 14.9. The number of halogens is 2. The van der Waals surface area contributed by atoms with Crippen molar-refractivity contribution in [3.05, 3.63) is 77.9 Å². The molecular weight excluding hydrogens is 695 g/mol. The van der Waals surface area contributed by atoms with E-state index in [9.17, 15) is 18.0 Å². The van der Waals surface area contributed by atoms with E-state index in [4.69, 9.17) is 18.9 Å². The number of ether oxygens (including phenoxy) is 4. The van der Waals surface area contributed by atoms with E-state index in [1.54, 1.807) is 47.4 Å². The maximum Gasteiger partial charge on any atom is 0.411 e. The molecule has 1 atom stereocenters. The fraction of sp³-hybridized carbons (Fsp3) is 0.412. The zero-order valence-electron chi connectivity index (χ0n) is 27.9. The molecule has 6 rings (SSSR count). The number of hydrogen-bond acceptors (Lipinski definition) is 10. The van der Waals surface area contributed by atoms with Crippen molar-refractivity contribution in [2.45, 2.75) is 29.4 Å². The van der Waals surface area contributed by atoms with Crippen LogP contribution in [0.15, 0.2) is 71.6 Å². The van der Waals surface area contributed by atoms with Crippen LogP contribution in [0.2, 0.25) is 0 Å². The highest BCUT2D eigenvalue weighted by Gasteiger charge is 2.60. The lowest BCUT2D eigenvalue weighted by Gasteiger charge is -2.42. The smallest absolute Gasteiger partial charge is 0.411 e. The molecule has 3 heterocycles. The number of nitrogens with zero attached hydrogens (tertiary/aromatic N) is 4. The minimum atomic E-state index is -4.59. The van der Waals surface area contributed by atoms with Gasteiger partial charge in [0.15, 0.2) is 0 Å². The zero-order chi connectivity index (χ0) is 33.3. The highest BCUT2D eigenvalue weighted by atomic mass is 35.5. The van der Waals surface area contributed by atoms with Gasteiger partial charge >= 0.3 is 6.09 Å². The predicted octanol–water partition coefficient (Wildman–Crippen LogP) is 4.38. The van der Waals surface area contributed by atoms with Crippen LogP contribution in [0, 0.1) is 0 Å². The largest absolute Gasteiger partial charge is 0.497 e. The number of hydrogen-bond donors (Lipinski definition) is 0. The highest BCUT2D eigenvalue weighted by molar-refractivity contribution is 7.93. The summed E-state index contributed by atoms with van der Waals surface area (Å²) in [4.78, 5) is 35.0. The molecule has 0 N–H and O–H groups in total. The van der Waals surface area contributed by atoms with Crippen molar-refractivity contribution in [3.63, 3.8) is 0 Å². The first-order valence-corrected chi connectivity index (χ1v) is 17.0. The van der Waals surface area contributed by atoms with E-state index in [0.717, 1.165) is 25.9 Å². The van der Waals surface area contributed by atoms with Crippen LogP contribution in [0.4, 0.5) is 10.5 Å². The number of benzene rings is 3. The molecule has 12 nitrogen and oxygen atoms in total. The van der Waals surface area contributed by atoms with Crippen LogP contribution >= 0.6 is 24.8 Å². The molecule has 0 bridgehead atoms. The number of para-hydroxylation sites is 1. The number of piperidine rings is 1. The Balaban J connectivity index is 0.00000270. The van der Waals surface area contributed by atoms with Crippen LogP contribution in [0.3, 0.4) is 0 Å². The van der Waals surface area contributed by atoms with Crippen molar-refractivity contribution in [3.8, 4) is 17.2 Å². The topological polar surface area (TPSA) is 118 Å². The van der Waals surface area contributed by atoms with Crippen molar-refractivity contribution < 1.29 is 37.0 Å². The average molecular weight is 738 g/mol. The van der Waals surface area contributed by atoms with Crippen molar-refractivity contribution in [2.75, 3.05) is 72.0 Å². The molecule has 0 radical (unpaired) electrons. The number of carbonyl (C=O) groups is 2. The summed E-state index contributed by atoms with van der Waals surface area (Å²) in [6.45, 7) is 4.27. The van der Waals surface area contributed by atoms with Gasteiger partial charge in [0.2, 0.25) is 5.60 Å². The number of rotatable bonds is 8. The third-order valence-electron chi connectivity index (χ3n) is 9.37. The number of anilines is 1. The van der Waals surface area contributed by atoms with E-state index in [0.29, 0.717) is 48.0 Å². The van der Waals surface area contributed by atoms with E-state index < -0.39 is 27.6 Å². The van der Waals surface area contributed by atoms with E-state index in [1.807, 2.05) is 0 Å². The summed E-state index contributed by atoms with van der Waals surface area (Å²) in [5, 5.41) is 0. The van der Waals surface area contributed by atoms with Crippen LogP contribution in [0.1, 0.15) is 24.0 Å². The maximum absolute atomic E-state index is 14.9. The number of likely N-dealkylation sites (tertiary alicyclic amines) is 1. The molecule has 3 aliphatic heterocycles. The Morgan fingerprint density at radius 1 is 0.796 bits per heavy atom. The molecule has 3 aromatic rings. The van der Waals surface area contributed by atoms with Gasteiger partial charge in [-0.3, -0.25) is 9.69 Å². The number of piperazine rings is 1. The summed E-state index contributed by atoms with van der Waals surface area (Å²) in [5.74, 6) is -0.172. The summed E-state index contributed by atoms with van der Waals surface area (Å²) in [6, 6.07) is 17.7. The van der Waals surface area contributed by atoms with Gasteiger partial charge in [-0.2, -0.15) is 4.31 Å². The first-order chi connectivity index (χ1) is 22.6. The summed E-state index contributed by atoms with van der Waals surface area (Å²) in [7, 11) is 1.81. The van der Waals surface area contributed by atoms with Crippen LogP contribution in [-0.2, 0) is 25.2 Å². The van der Waals surface area contributed by atoms with Gasteiger partial charge in [-0.15, -0.1) is 24.8 Å². The molecule has 49 heavy (non-hydrogen) atoms. The van der Waals surface area contributed by atoms with Gasteiger partial charge in [-0.1, -0.05) is 30.3 Å². The predicted molar refractivity (Wildman–Crippen MR) is 189 cm³/mol. The average Bonchev–Trinajstić information content (AvgIpc) is 3.36. The molecule has 0 spiro atoms. The Morgan fingerprint density at radius 3 is 2.10 bits per heavy atom. The number of methoxy groups -OCH3 is 3. The minimum Gasteiger partial charge on any atom is -0.497 e. The number of amides is 2. The Morgan fingerprint density at radius 2 is 1.45 bits per heavy atom. The fourth-order valence-electron chi connectivity index (χ4n) is 6.74. The highest BCUT2D eigenvalue weighted by Crippen LogP contribution is 2.50. The molecule has 0 saturated carbocycles. The number of fused-ring (bicyclic) bond motifs is 1. The lowest BCUT2D eigenvalue weighted by Crippen LogP contribution is -2.55. The SMILES string of the molecule is COc1cccc(C2(OC(=O)N3CCN(C4CCN(C)CC4)CC3)C(=O)N(S(=O)(=O)c3ccc(OC)cc3OC)c3ccccc32)c1.Cl.Cl. The van der Waals surface area contributed by atoms with Gasteiger partial charge in [0.25, 0.3) is 15.9 Å². The Kier molecular flexibility index (Phi) is 12.0.